The molecular weight excluding hydrogens is 262 g/mol. The summed E-state index contributed by atoms with van der Waals surface area (Å²) in [6.45, 7) is 11.9. The molecule has 1 aromatic heterocycles. The maximum atomic E-state index is 13.1. The Hall–Kier alpha value is -1.84. The average molecular weight is 287 g/mol. The molecule has 2 rings (SSSR count). The van der Waals surface area contributed by atoms with Gasteiger partial charge in [-0.2, -0.15) is 0 Å². The van der Waals surface area contributed by atoms with Crippen molar-refractivity contribution >= 4 is 10.9 Å². The number of rotatable bonds is 5. The van der Waals surface area contributed by atoms with E-state index in [9.17, 15) is 4.79 Å². The zero-order valence-corrected chi connectivity index (χ0v) is 13.7. The molecule has 114 valence electrons. The van der Waals surface area contributed by atoms with Crippen LogP contribution in [0.1, 0.15) is 51.9 Å². The molecule has 0 spiro atoms. The average Bonchev–Trinajstić information content (AvgIpc) is 2.49. The molecule has 1 aromatic carbocycles. The predicted octanol–water partition coefficient (Wildman–Crippen LogP) is 3.06. The zero-order valence-electron chi connectivity index (χ0n) is 13.7. The van der Waals surface area contributed by atoms with Crippen molar-refractivity contribution in [1.82, 2.24) is 9.66 Å². The normalized spacial score (nSPS) is 11.3. The summed E-state index contributed by atoms with van der Waals surface area (Å²) >= 11 is 0. The van der Waals surface area contributed by atoms with Gasteiger partial charge in [0, 0.05) is 19.0 Å². The smallest absolute Gasteiger partial charge is 0.280 e. The van der Waals surface area contributed by atoms with Crippen LogP contribution < -0.4 is 10.6 Å². The highest BCUT2D eigenvalue weighted by Crippen LogP contribution is 2.18. The van der Waals surface area contributed by atoms with Crippen molar-refractivity contribution in [3.05, 3.63) is 39.9 Å². The number of hydrogen-bond acceptors (Lipinski definition) is 3. The molecule has 21 heavy (non-hydrogen) atoms. The van der Waals surface area contributed by atoms with Crippen LogP contribution in [0.15, 0.2) is 23.0 Å². The summed E-state index contributed by atoms with van der Waals surface area (Å²) in [6, 6.07) is 5.95. The number of fused-ring (bicyclic) bond motifs is 1. The summed E-state index contributed by atoms with van der Waals surface area (Å²) in [5.74, 6) is 1.04. The molecule has 4 nitrogen and oxygen atoms in total. The Labute approximate surface area is 126 Å². The molecule has 0 amide bonds. The van der Waals surface area contributed by atoms with Gasteiger partial charge in [0.2, 0.25) is 0 Å². The quantitative estimate of drug-likeness (QED) is 0.848. The molecule has 0 saturated heterocycles. The maximum Gasteiger partial charge on any atom is 0.280 e. The lowest BCUT2D eigenvalue weighted by Gasteiger charge is -2.27. The van der Waals surface area contributed by atoms with Crippen LogP contribution in [0.5, 0.6) is 0 Å². The number of aromatic nitrogens is 2. The molecule has 4 heteroatoms. The number of nitrogens with zero attached hydrogens (tertiary/aromatic N) is 3. The van der Waals surface area contributed by atoms with Crippen molar-refractivity contribution < 1.29 is 0 Å². The summed E-state index contributed by atoms with van der Waals surface area (Å²) in [5.41, 5.74) is 1.94. The van der Waals surface area contributed by atoms with E-state index < -0.39 is 0 Å². The standard InChI is InChI=1S/C17H25N3O/c1-6-13-10-9-11-14-15(13)17(21)20(19(7-2)8-3)16(18-14)12(4)5/h9-12H,6-8H2,1-5H3. The van der Waals surface area contributed by atoms with Gasteiger partial charge in [-0.3, -0.25) is 4.79 Å². The molecule has 0 fully saturated rings. The summed E-state index contributed by atoms with van der Waals surface area (Å²) in [6.07, 6.45) is 0.841. The molecular formula is C17H25N3O. The zero-order chi connectivity index (χ0) is 15.6. The van der Waals surface area contributed by atoms with Crippen molar-refractivity contribution in [2.24, 2.45) is 0 Å². The summed E-state index contributed by atoms with van der Waals surface area (Å²) < 4.78 is 1.78. The highest BCUT2D eigenvalue weighted by Gasteiger charge is 2.18. The van der Waals surface area contributed by atoms with Gasteiger partial charge in [0.1, 0.15) is 5.82 Å². The summed E-state index contributed by atoms with van der Waals surface area (Å²) in [7, 11) is 0. The van der Waals surface area contributed by atoms with E-state index in [4.69, 9.17) is 4.98 Å². The van der Waals surface area contributed by atoms with Crippen LogP contribution in [0, 0.1) is 0 Å². The molecule has 0 N–H and O–H groups in total. The van der Waals surface area contributed by atoms with Crippen molar-refractivity contribution in [3.63, 3.8) is 0 Å². The fourth-order valence-electron chi connectivity index (χ4n) is 2.76. The van der Waals surface area contributed by atoms with Gasteiger partial charge in [-0.1, -0.05) is 32.9 Å². The second-order valence-corrected chi connectivity index (χ2v) is 5.55. The van der Waals surface area contributed by atoms with Crippen LogP contribution in [-0.2, 0) is 6.42 Å². The third-order valence-corrected chi connectivity index (χ3v) is 3.90. The van der Waals surface area contributed by atoms with Gasteiger partial charge in [0.25, 0.3) is 5.56 Å². The summed E-state index contributed by atoms with van der Waals surface area (Å²) in [4.78, 5) is 17.9. The second kappa shape index (κ2) is 6.29. The Morgan fingerprint density at radius 3 is 2.38 bits per heavy atom. The van der Waals surface area contributed by atoms with Crippen LogP contribution in [0.4, 0.5) is 0 Å². The molecule has 0 bridgehead atoms. The fraction of sp³-hybridized carbons (Fsp3) is 0.529. The number of aryl methyl sites for hydroxylation is 1. The van der Waals surface area contributed by atoms with Crippen molar-refractivity contribution in [1.29, 1.82) is 0 Å². The Bertz CT molecular complexity index is 684. The SMILES string of the molecule is CCc1cccc2nc(C(C)C)n(N(CC)CC)c(=O)c12. The third-order valence-electron chi connectivity index (χ3n) is 3.90. The first kappa shape index (κ1) is 15.5. The third kappa shape index (κ3) is 2.67. The Morgan fingerprint density at radius 2 is 1.86 bits per heavy atom. The molecule has 0 aliphatic heterocycles. The Balaban J connectivity index is 2.89. The van der Waals surface area contributed by atoms with E-state index in [-0.39, 0.29) is 11.5 Å². The van der Waals surface area contributed by atoms with Crippen molar-refractivity contribution in [2.75, 3.05) is 18.1 Å². The van der Waals surface area contributed by atoms with Crippen LogP contribution in [0.2, 0.25) is 0 Å². The molecule has 2 aromatic rings. The largest absolute Gasteiger partial charge is 0.309 e. The van der Waals surface area contributed by atoms with E-state index in [1.165, 1.54) is 0 Å². The molecule has 0 radical (unpaired) electrons. The van der Waals surface area contributed by atoms with E-state index in [2.05, 4.69) is 39.6 Å². The molecule has 1 heterocycles. The molecule has 0 aliphatic carbocycles. The van der Waals surface area contributed by atoms with E-state index in [1.54, 1.807) is 4.68 Å². The minimum absolute atomic E-state index is 0.0600. The van der Waals surface area contributed by atoms with Gasteiger partial charge in [-0.15, -0.1) is 0 Å². The van der Waals surface area contributed by atoms with Gasteiger partial charge >= 0.3 is 0 Å². The van der Waals surface area contributed by atoms with Gasteiger partial charge in [0.15, 0.2) is 0 Å². The van der Waals surface area contributed by atoms with E-state index in [1.807, 2.05) is 18.2 Å². The van der Waals surface area contributed by atoms with Gasteiger partial charge in [0.05, 0.1) is 10.9 Å². The Kier molecular flexibility index (Phi) is 4.66. The highest BCUT2D eigenvalue weighted by molar-refractivity contribution is 5.81. The van der Waals surface area contributed by atoms with Crippen LogP contribution in [-0.4, -0.2) is 22.7 Å². The van der Waals surface area contributed by atoms with E-state index >= 15 is 0 Å². The Morgan fingerprint density at radius 1 is 1.19 bits per heavy atom. The maximum absolute atomic E-state index is 13.1. The van der Waals surface area contributed by atoms with Crippen LogP contribution in [0.25, 0.3) is 10.9 Å². The predicted molar refractivity (Wildman–Crippen MR) is 88.8 cm³/mol. The number of hydrogen-bond donors (Lipinski definition) is 0. The minimum atomic E-state index is 0.0600. The van der Waals surface area contributed by atoms with Gasteiger partial charge in [-0.25, -0.2) is 9.66 Å². The monoisotopic (exact) mass is 287 g/mol. The lowest BCUT2D eigenvalue weighted by atomic mass is 10.1. The number of benzene rings is 1. The van der Waals surface area contributed by atoms with Crippen LogP contribution in [0.3, 0.4) is 0 Å². The molecule has 0 unspecified atom stereocenters. The topological polar surface area (TPSA) is 38.1 Å². The first-order chi connectivity index (χ1) is 10.0. The summed E-state index contributed by atoms with van der Waals surface area (Å²) in [5, 5.41) is 2.81. The highest BCUT2D eigenvalue weighted by atomic mass is 16.1. The fourth-order valence-corrected chi connectivity index (χ4v) is 2.76. The van der Waals surface area contributed by atoms with Gasteiger partial charge in [-0.05, 0) is 31.9 Å². The van der Waals surface area contributed by atoms with Crippen molar-refractivity contribution in [3.8, 4) is 0 Å². The van der Waals surface area contributed by atoms with Gasteiger partial charge < -0.3 is 5.01 Å². The van der Waals surface area contributed by atoms with Crippen LogP contribution >= 0.6 is 0 Å². The van der Waals surface area contributed by atoms with E-state index in [0.29, 0.717) is 0 Å². The molecule has 0 saturated carbocycles. The first-order valence-electron chi connectivity index (χ1n) is 7.84. The molecule has 0 aliphatic rings. The minimum Gasteiger partial charge on any atom is -0.309 e. The second-order valence-electron chi connectivity index (χ2n) is 5.55. The molecule has 0 atom stereocenters. The van der Waals surface area contributed by atoms with Crippen molar-refractivity contribution in [2.45, 2.75) is 47.0 Å². The van der Waals surface area contributed by atoms with E-state index in [0.717, 1.165) is 41.8 Å². The lowest BCUT2D eigenvalue weighted by Crippen LogP contribution is -2.44. The lowest BCUT2D eigenvalue weighted by molar-refractivity contribution is 0.544. The first-order valence-corrected chi connectivity index (χ1v) is 7.84.